The van der Waals surface area contributed by atoms with E-state index in [0.29, 0.717) is 6.04 Å². The van der Waals surface area contributed by atoms with Gasteiger partial charge in [-0.2, -0.15) is 0 Å². The summed E-state index contributed by atoms with van der Waals surface area (Å²) < 4.78 is 0. The minimum atomic E-state index is -0.700. The molecule has 0 radical (unpaired) electrons. The smallest absolute Gasteiger partial charge is 0.323 e. The molecule has 2 N–H and O–H groups in total. The monoisotopic (exact) mass is 242 g/mol. The summed E-state index contributed by atoms with van der Waals surface area (Å²) in [6.07, 6.45) is 4.86. The van der Waals surface area contributed by atoms with Gasteiger partial charge in [-0.15, -0.1) is 0 Å². The molecule has 1 aliphatic carbocycles. The topological polar surface area (TPSA) is 52.6 Å². The van der Waals surface area contributed by atoms with E-state index < -0.39 is 11.5 Å². The van der Waals surface area contributed by atoms with Crippen LogP contribution in [0.5, 0.6) is 0 Å². The van der Waals surface area contributed by atoms with Gasteiger partial charge >= 0.3 is 5.97 Å². The van der Waals surface area contributed by atoms with Crippen molar-refractivity contribution < 1.29 is 9.90 Å². The predicted molar refractivity (Wildman–Crippen MR) is 69.2 cm³/mol. The van der Waals surface area contributed by atoms with Gasteiger partial charge in [-0.3, -0.25) is 4.79 Å². The molecular weight excluding hydrogens is 216 g/mol. The molecular formula is C13H26N2O2. The molecule has 2 unspecified atom stereocenters. The van der Waals surface area contributed by atoms with E-state index in [1.807, 2.05) is 0 Å². The number of nitrogens with zero attached hydrogens (tertiary/aromatic N) is 1. The van der Waals surface area contributed by atoms with Gasteiger partial charge in [0, 0.05) is 6.04 Å². The Hall–Kier alpha value is -0.610. The second kappa shape index (κ2) is 6.36. The highest BCUT2D eigenvalue weighted by Gasteiger charge is 2.45. The van der Waals surface area contributed by atoms with E-state index in [0.717, 1.165) is 32.4 Å². The number of hydrogen-bond acceptors (Lipinski definition) is 3. The third-order valence-corrected chi connectivity index (χ3v) is 4.10. The zero-order valence-electron chi connectivity index (χ0n) is 11.3. The minimum Gasteiger partial charge on any atom is -0.480 e. The lowest BCUT2D eigenvalue weighted by atomic mass is 9.98. The lowest BCUT2D eigenvalue weighted by molar-refractivity contribution is -0.144. The zero-order chi connectivity index (χ0) is 12.9. The molecule has 0 aromatic carbocycles. The summed E-state index contributed by atoms with van der Waals surface area (Å²) in [4.78, 5) is 13.8. The molecule has 0 spiro atoms. The van der Waals surface area contributed by atoms with E-state index >= 15 is 0 Å². The highest BCUT2D eigenvalue weighted by Crippen LogP contribution is 2.33. The largest absolute Gasteiger partial charge is 0.480 e. The molecule has 17 heavy (non-hydrogen) atoms. The van der Waals surface area contributed by atoms with Gasteiger partial charge in [0.1, 0.15) is 5.54 Å². The molecule has 0 amide bonds. The summed E-state index contributed by atoms with van der Waals surface area (Å²) >= 11 is 0. The third-order valence-electron chi connectivity index (χ3n) is 4.10. The molecule has 4 nitrogen and oxygen atoms in total. The third kappa shape index (κ3) is 3.19. The van der Waals surface area contributed by atoms with Crippen molar-refractivity contribution in [1.82, 2.24) is 10.2 Å². The first kappa shape index (κ1) is 14.5. The lowest BCUT2D eigenvalue weighted by Crippen LogP contribution is -2.49. The maximum absolute atomic E-state index is 11.3. The molecule has 0 aromatic rings. The molecule has 0 saturated heterocycles. The Morgan fingerprint density at radius 3 is 2.65 bits per heavy atom. The average Bonchev–Trinajstić information content (AvgIpc) is 2.76. The van der Waals surface area contributed by atoms with Crippen LogP contribution in [0, 0.1) is 0 Å². The van der Waals surface area contributed by atoms with Crippen LogP contribution >= 0.6 is 0 Å². The number of aliphatic carboxylic acids is 1. The first-order valence-electron chi connectivity index (χ1n) is 6.76. The van der Waals surface area contributed by atoms with Crippen molar-refractivity contribution in [2.45, 2.75) is 57.5 Å². The first-order chi connectivity index (χ1) is 8.09. The number of unbranched alkanes of at least 4 members (excludes halogenated alkanes) is 1. The first-order valence-corrected chi connectivity index (χ1v) is 6.76. The Bertz CT molecular complexity index is 258. The molecule has 0 aromatic heterocycles. The fourth-order valence-corrected chi connectivity index (χ4v) is 2.82. The normalized spacial score (nSPS) is 28.8. The Labute approximate surface area is 104 Å². The quantitative estimate of drug-likeness (QED) is 0.713. The summed E-state index contributed by atoms with van der Waals surface area (Å²) in [5.41, 5.74) is -0.690. The van der Waals surface area contributed by atoms with Crippen molar-refractivity contribution in [1.29, 1.82) is 0 Å². The Morgan fingerprint density at radius 1 is 1.53 bits per heavy atom. The van der Waals surface area contributed by atoms with Crippen molar-refractivity contribution in [3.63, 3.8) is 0 Å². The van der Waals surface area contributed by atoms with Crippen molar-refractivity contribution in [3.8, 4) is 0 Å². The Balaban J connectivity index is 2.60. The van der Waals surface area contributed by atoms with Gasteiger partial charge in [-0.25, -0.2) is 0 Å². The molecule has 0 bridgehead atoms. The fraction of sp³-hybridized carbons (Fsp3) is 0.923. The highest BCUT2D eigenvalue weighted by atomic mass is 16.4. The standard InChI is InChI=1S/C13H26N2O2/c1-4-6-9-15(5-2)11-7-8-13(10-11,14-3)12(16)17/h11,14H,4-10H2,1-3H3,(H,16,17). The fourth-order valence-electron chi connectivity index (χ4n) is 2.82. The molecule has 2 atom stereocenters. The van der Waals surface area contributed by atoms with Crippen LogP contribution in [0.4, 0.5) is 0 Å². The van der Waals surface area contributed by atoms with Crippen LogP contribution in [-0.2, 0) is 4.79 Å². The molecule has 4 heteroatoms. The Kier molecular flexibility index (Phi) is 5.40. The van der Waals surface area contributed by atoms with Crippen molar-refractivity contribution in [3.05, 3.63) is 0 Å². The van der Waals surface area contributed by atoms with Crippen LogP contribution in [0.25, 0.3) is 0 Å². The number of hydrogen-bond donors (Lipinski definition) is 2. The highest BCUT2D eigenvalue weighted by molar-refractivity contribution is 5.79. The van der Waals surface area contributed by atoms with Crippen LogP contribution in [0.1, 0.15) is 46.0 Å². The summed E-state index contributed by atoms with van der Waals surface area (Å²) in [5, 5.41) is 12.3. The van der Waals surface area contributed by atoms with Gasteiger partial charge < -0.3 is 15.3 Å². The minimum absolute atomic E-state index is 0.426. The van der Waals surface area contributed by atoms with Gasteiger partial charge in [0.25, 0.3) is 0 Å². The Morgan fingerprint density at radius 2 is 2.24 bits per heavy atom. The second-order valence-electron chi connectivity index (χ2n) is 5.02. The van der Waals surface area contributed by atoms with Crippen LogP contribution in [0.3, 0.4) is 0 Å². The van der Waals surface area contributed by atoms with Crippen LogP contribution < -0.4 is 5.32 Å². The molecule has 1 saturated carbocycles. The number of carbonyl (C=O) groups is 1. The van der Waals surface area contributed by atoms with E-state index in [9.17, 15) is 9.90 Å². The molecule has 1 aliphatic rings. The van der Waals surface area contributed by atoms with E-state index in [4.69, 9.17) is 0 Å². The van der Waals surface area contributed by atoms with Crippen molar-refractivity contribution in [2.75, 3.05) is 20.1 Å². The molecule has 1 fully saturated rings. The number of nitrogens with one attached hydrogen (secondary N) is 1. The predicted octanol–water partition coefficient (Wildman–Crippen LogP) is 1.70. The average molecular weight is 242 g/mol. The maximum Gasteiger partial charge on any atom is 0.323 e. The van der Waals surface area contributed by atoms with E-state index in [2.05, 4.69) is 24.1 Å². The molecule has 100 valence electrons. The van der Waals surface area contributed by atoms with Crippen LogP contribution in [-0.4, -0.2) is 47.7 Å². The summed E-state index contributed by atoms with van der Waals surface area (Å²) in [6, 6.07) is 0.426. The van der Waals surface area contributed by atoms with Gasteiger partial charge in [0.15, 0.2) is 0 Å². The van der Waals surface area contributed by atoms with Gasteiger partial charge in [0.05, 0.1) is 0 Å². The van der Waals surface area contributed by atoms with E-state index in [-0.39, 0.29) is 0 Å². The van der Waals surface area contributed by atoms with Crippen LogP contribution in [0.2, 0.25) is 0 Å². The summed E-state index contributed by atoms with van der Waals surface area (Å²) in [7, 11) is 1.76. The van der Waals surface area contributed by atoms with Crippen molar-refractivity contribution in [2.24, 2.45) is 0 Å². The van der Waals surface area contributed by atoms with Crippen LogP contribution in [0.15, 0.2) is 0 Å². The summed E-state index contributed by atoms with van der Waals surface area (Å²) in [6.45, 7) is 6.47. The number of likely N-dealkylation sites (N-methyl/N-ethyl adjacent to an activating group) is 1. The second-order valence-corrected chi connectivity index (χ2v) is 5.02. The van der Waals surface area contributed by atoms with Gasteiger partial charge in [0.2, 0.25) is 0 Å². The lowest BCUT2D eigenvalue weighted by Gasteiger charge is -2.29. The number of rotatable bonds is 7. The molecule has 1 rings (SSSR count). The molecule has 0 aliphatic heterocycles. The van der Waals surface area contributed by atoms with Gasteiger partial charge in [-0.1, -0.05) is 20.3 Å². The SMILES string of the molecule is CCCCN(CC)C1CCC(NC)(C(=O)O)C1. The number of carboxylic acid groups (broad SMARTS) is 1. The van der Waals surface area contributed by atoms with E-state index in [1.54, 1.807) is 7.05 Å². The van der Waals surface area contributed by atoms with Gasteiger partial charge in [-0.05, 0) is 45.8 Å². The number of carboxylic acids is 1. The van der Waals surface area contributed by atoms with Crippen molar-refractivity contribution >= 4 is 5.97 Å². The molecule has 0 heterocycles. The van der Waals surface area contributed by atoms with E-state index in [1.165, 1.54) is 12.8 Å². The zero-order valence-corrected chi connectivity index (χ0v) is 11.3. The maximum atomic E-state index is 11.3. The summed E-state index contributed by atoms with van der Waals surface area (Å²) in [5.74, 6) is -0.700.